The van der Waals surface area contributed by atoms with Crippen LogP contribution in [0.2, 0.25) is 0 Å². The molecule has 0 spiro atoms. The van der Waals surface area contributed by atoms with E-state index in [1.54, 1.807) is 0 Å². The number of nitrogen functional groups attached to an aromatic ring is 1. The van der Waals surface area contributed by atoms with Crippen LogP contribution in [0.4, 0.5) is 5.82 Å². The minimum absolute atomic E-state index is 0.291. The van der Waals surface area contributed by atoms with Gasteiger partial charge in [-0.25, -0.2) is 4.98 Å². The highest BCUT2D eigenvalue weighted by atomic mass is 14.8. The first-order chi connectivity index (χ1) is 7.81. The Morgan fingerprint density at radius 1 is 1.12 bits per heavy atom. The Morgan fingerprint density at radius 3 is 2.50 bits per heavy atom. The van der Waals surface area contributed by atoms with Crippen LogP contribution in [0.15, 0.2) is 42.5 Å². The van der Waals surface area contributed by atoms with E-state index in [2.05, 4.69) is 11.1 Å². The van der Waals surface area contributed by atoms with Gasteiger partial charge in [-0.05, 0) is 17.7 Å². The quantitative estimate of drug-likeness (QED) is 0.826. The van der Waals surface area contributed by atoms with Crippen LogP contribution in [0.25, 0.3) is 11.1 Å². The smallest absolute Gasteiger partial charge is 0.131 e. The zero-order chi connectivity index (χ0) is 11.4. The van der Waals surface area contributed by atoms with Gasteiger partial charge in [0.15, 0.2) is 0 Å². The van der Waals surface area contributed by atoms with E-state index in [0.29, 0.717) is 17.9 Å². The fourth-order valence-corrected chi connectivity index (χ4v) is 1.56. The molecule has 1 aromatic carbocycles. The molecule has 1 heterocycles. The lowest BCUT2D eigenvalue weighted by molar-refractivity contribution is 1.12. The van der Waals surface area contributed by atoms with Crippen molar-refractivity contribution < 1.29 is 0 Å². The standard InChI is InChI=1S/C13H11N3/c14-9-8-11-6-7-12(13(15)16-11)10-4-2-1-3-5-10/h1-7H,8H2,(H2,15,16). The van der Waals surface area contributed by atoms with E-state index in [0.717, 1.165) is 11.1 Å². The first-order valence-electron chi connectivity index (χ1n) is 4.99. The predicted octanol–water partition coefficient (Wildman–Crippen LogP) is 2.40. The van der Waals surface area contributed by atoms with Crippen LogP contribution in [0.1, 0.15) is 5.69 Å². The van der Waals surface area contributed by atoms with Gasteiger partial charge in [-0.1, -0.05) is 30.3 Å². The number of benzene rings is 1. The zero-order valence-corrected chi connectivity index (χ0v) is 8.72. The maximum absolute atomic E-state index is 8.57. The lowest BCUT2D eigenvalue weighted by Gasteiger charge is -2.05. The summed E-state index contributed by atoms with van der Waals surface area (Å²) >= 11 is 0. The number of rotatable bonds is 2. The minimum atomic E-state index is 0.291. The Kier molecular flexibility index (Phi) is 2.84. The van der Waals surface area contributed by atoms with E-state index in [1.807, 2.05) is 42.5 Å². The van der Waals surface area contributed by atoms with Crippen LogP contribution in [0.5, 0.6) is 0 Å². The van der Waals surface area contributed by atoms with Crippen molar-refractivity contribution in [1.82, 2.24) is 4.98 Å². The van der Waals surface area contributed by atoms with Gasteiger partial charge in [0.05, 0.1) is 18.2 Å². The first-order valence-corrected chi connectivity index (χ1v) is 4.99. The van der Waals surface area contributed by atoms with Crippen LogP contribution in [0, 0.1) is 11.3 Å². The molecule has 2 N–H and O–H groups in total. The van der Waals surface area contributed by atoms with Crippen LogP contribution in [-0.2, 0) is 6.42 Å². The predicted molar refractivity (Wildman–Crippen MR) is 63.4 cm³/mol. The largest absolute Gasteiger partial charge is 0.383 e. The minimum Gasteiger partial charge on any atom is -0.383 e. The number of nitriles is 1. The molecule has 0 atom stereocenters. The van der Waals surface area contributed by atoms with Gasteiger partial charge < -0.3 is 5.73 Å². The van der Waals surface area contributed by atoms with E-state index in [-0.39, 0.29) is 0 Å². The normalized spacial score (nSPS) is 9.69. The topological polar surface area (TPSA) is 62.7 Å². The summed E-state index contributed by atoms with van der Waals surface area (Å²) in [6, 6.07) is 15.6. The molecule has 0 aliphatic heterocycles. The fraction of sp³-hybridized carbons (Fsp3) is 0.0769. The van der Waals surface area contributed by atoms with E-state index >= 15 is 0 Å². The Hall–Kier alpha value is -2.34. The van der Waals surface area contributed by atoms with Crippen molar-refractivity contribution in [3.8, 4) is 17.2 Å². The molecule has 3 heteroatoms. The zero-order valence-electron chi connectivity index (χ0n) is 8.72. The van der Waals surface area contributed by atoms with E-state index < -0.39 is 0 Å². The van der Waals surface area contributed by atoms with Crippen LogP contribution in [-0.4, -0.2) is 4.98 Å². The molecule has 78 valence electrons. The van der Waals surface area contributed by atoms with Crippen molar-refractivity contribution in [3.05, 3.63) is 48.2 Å². The van der Waals surface area contributed by atoms with Crippen LogP contribution >= 0.6 is 0 Å². The van der Waals surface area contributed by atoms with Crippen molar-refractivity contribution in [2.24, 2.45) is 0 Å². The second-order valence-corrected chi connectivity index (χ2v) is 3.44. The van der Waals surface area contributed by atoms with Gasteiger partial charge in [-0.3, -0.25) is 0 Å². The molecule has 2 rings (SSSR count). The van der Waals surface area contributed by atoms with Gasteiger partial charge in [-0.15, -0.1) is 0 Å². The average molecular weight is 209 g/mol. The lowest BCUT2D eigenvalue weighted by atomic mass is 10.1. The number of nitrogens with zero attached hydrogens (tertiary/aromatic N) is 2. The van der Waals surface area contributed by atoms with Gasteiger partial charge >= 0.3 is 0 Å². The molecular formula is C13H11N3. The molecule has 3 nitrogen and oxygen atoms in total. The monoisotopic (exact) mass is 209 g/mol. The van der Waals surface area contributed by atoms with Crippen molar-refractivity contribution in [2.45, 2.75) is 6.42 Å². The summed E-state index contributed by atoms with van der Waals surface area (Å²) in [6.45, 7) is 0. The average Bonchev–Trinajstić information content (AvgIpc) is 2.31. The summed E-state index contributed by atoms with van der Waals surface area (Å²) < 4.78 is 0. The molecular weight excluding hydrogens is 198 g/mol. The number of hydrogen-bond donors (Lipinski definition) is 1. The van der Waals surface area contributed by atoms with Gasteiger partial charge in [0.1, 0.15) is 5.82 Å². The Morgan fingerprint density at radius 2 is 1.88 bits per heavy atom. The molecule has 16 heavy (non-hydrogen) atoms. The third-order valence-corrected chi connectivity index (χ3v) is 2.33. The van der Waals surface area contributed by atoms with Gasteiger partial charge in [0.25, 0.3) is 0 Å². The molecule has 0 fully saturated rings. The van der Waals surface area contributed by atoms with Crippen LogP contribution < -0.4 is 5.73 Å². The van der Waals surface area contributed by atoms with Gasteiger partial charge in [0, 0.05) is 5.56 Å². The lowest BCUT2D eigenvalue weighted by Crippen LogP contribution is -1.97. The molecule has 0 aliphatic rings. The maximum atomic E-state index is 8.57. The second kappa shape index (κ2) is 4.45. The van der Waals surface area contributed by atoms with E-state index in [9.17, 15) is 0 Å². The Balaban J connectivity index is 2.41. The number of anilines is 1. The van der Waals surface area contributed by atoms with Crippen molar-refractivity contribution in [1.29, 1.82) is 5.26 Å². The molecule has 1 aromatic heterocycles. The van der Waals surface area contributed by atoms with E-state index in [4.69, 9.17) is 11.0 Å². The maximum Gasteiger partial charge on any atom is 0.131 e. The summed E-state index contributed by atoms with van der Waals surface area (Å²) in [4.78, 5) is 4.19. The molecule has 0 amide bonds. The van der Waals surface area contributed by atoms with Gasteiger partial charge in [0.2, 0.25) is 0 Å². The highest BCUT2D eigenvalue weighted by Crippen LogP contribution is 2.24. The molecule has 0 saturated carbocycles. The van der Waals surface area contributed by atoms with Crippen molar-refractivity contribution >= 4 is 5.82 Å². The van der Waals surface area contributed by atoms with Gasteiger partial charge in [-0.2, -0.15) is 5.26 Å². The molecule has 2 aromatic rings. The SMILES string of the molecule is N#CCc1ccc(-c2ccccc2)c(N)n1. The molecule has 0 saturated heterocycles. The Labute approximate surface area is 94.2 Å². The van der Waals surface area contributed by atoms with Crippen LogP contribution in [0.3, 0.4) is 0 Å². The van der Waals surface area contributed by atoms with Crippen molar-refractivity contribution in [3.63, 3.8) is 0 Å². The first kappa shape index (κ1) is 10.2. The Bertz CT molecular complexity index is 527. The number of pyridine rings is 1. The summed E-state index contributed by atoms with van der Waals surface area (Å²) in [7, 11) is 0. The van der Waals surface area contributed by atoms with E-state index in [1.165, 1.54) is 0 Å². The molecule has 0 bridgehead atoms. The van der Waals surface area contributed by atoms with Crippen molar-refractivity contribution in [2.75, 3.05) is 5.73 Å². The number of nitrogens with two attached hydrogens (primary N) is 1. The second-order valence-electron chi connectivity index (χ2n) is 3.44. The number of aromatic nitrogens is 1. The summed E-state index contributed by atoms with van der Waals surface area (Å²) in [6.07, 6.45) is 0.291. The fourth-order valence-electron chi connectivity index (χ4n) is 1.56. The molecule has 0 aliphatic carbocycles. The summed E-state index contributed by atoms with van der Waals surface area (Å²) in [5, 5.41) is 8.57. The highest BCUT2D eigenvalue weighted by molar-refractivity contribution is 5.73. The molecule has 0 unspecified atom stereocenters. The number of hydrogen-bond acceptors (Lipinski definition) is 3. The third kappa shape index (κ3) is 2.01. The summed E-state index contributed by atoms with van der Waals surface area (Å²) in [5.74, 6) is 0.471. The summed E-state index contributed by atoms with van der Waals surface area (Å²) in [5.41, 5.74) is 8.51. The molecule has 0 radical (unpaired) electrons. The third-order valence-electron chi connectivity index (χ3n) is 2.33. The highest BCUT2D eigenvalue weighted by Gasteiger charge is 2.04.